The van der Waals surface area contributed by atoms with Gasteiger partial charge in [0.1, 0.15) is 36.6 Å². The molecule has 2 fully saturated rings. The third kappa shape index (κ3) is 6.44. The van der Waals surface area contributed by atoms with E-state index in [1.807, 2.05) is 0 Å². The van der Waals surface area contributed by atoms with Gasteiger partial charge in [0.2, 0.25) is 5.95 Å². The fourth-order valence-corrected chi connectivity index (χ4v) is 6.23. The van der Waals surface area contributed by atoms with Crippen molar-refractivity contribution in [3.63, 3.8) is 0 Å². The van der Waals surface area contributed by atoms with Crippen molar-refractivity contribution < 1.29 is 72.4 Å². The highest BCUT2D eigenvalue weighted by Crippen LogP contribution is 2.61. The summed E-state index contributed by atoms with van der Waals surface area (Å²) in [5, 5.41) is 59.5. The van der Waals surface area contributed by atoms with Gasteiger partial charge in [-0.15, -0.1) is 0 Å². The van der Waals surface area contributed by atoms with Gasteiger partial charge >= 0.3 is 15.6 Å². The van der Waals surface area contributed by atoms with Gasteiger partial charge in [0, 0.05) is 6.61 Å². The molecule has 11 atom stereocenters. The number of aliphatic hydroxyl groups is 6. The summed E-state index contributed by atoms with van der Waals surface area (Å²) in [5.41, 5.74) is 4.56. The summed E-state index contributed by atoms with van der Waals surface area (Å²) in [4.78, 5) is 41.8. The second-order valence-corrected chi connectivity index (χ2v) is 11.8. The van der Waals surface area contributed by atoms with Gasteiger partial charge in [-0.3, -0.25) is 23.4 Å². The molecule has 0 radical (unpaired) electrons. The molecule has 2 aliphatic heterocycles. The van der Waals surface area contributed by atoms with Crippen molar-refractivity contribution in [2.45, 2.75) is 61.7 Å². The smallest absolute Gasteiger partial charge is 0.396 e. The first-order valence-corrected chi connectivity index (χ1v) is 14.4. The third-order valence-electron chi connectivity index (χ3n) is 5.99. The number of nitrogens with two attached hydrogens (primary N) is 1. The number of hydrogen-bond acceptors (Lipinski definition) is 17. The molecule has 11 N–H and O–H groups in total. The lowest BCUT2D eigenvalue weighted by Gasteiger charge is -2.40. The molecule has 2 unspecified atom stereocenters. The Bertz CT molecular complexity index is 1360. The number of phosphoric ester groups is 2. The van der Waals surface area contributed by atoms with Crippen molar-refractivity contribution >= 4 is 32.8 Å². The largest absolute Gasteiger partial charge is 0.483 e. The molecule has 0 aliphatic carbocycles. The van der Waals surface area contributed by atoms with Crippen LogP contribution in [0.5, 0.6) is 0 Å². The number of aromatic nitrogens is 4. The maximum atomic E-state index is 12.3. The SMILES string of the molecule is Nc1nc2c(ncn2[C@@H]2O[C@H](COP(=O)(O)OP(=O)(O)O[C@H]3O[C@H](CCO)[C@@H](O)[C@H](O)[C@@H]3O)[C@@H](O)[C@H]2O)c(=O)[nH]1. The minimum absolute atomic E-state index is 0.111. The number of ether oxygens (including phenoxy) is 2. The number of aromatic amines is 1. The summed E-state index contributed by atoms with van der Waals surface area (Å²) in [6.45, 7) is -1.52. The van der Waals surface area contributed by atoms with Crippen LogP contribution in [-0.2, 0) is 32.0 Å². The number of fused-ring (bicyclic) bond motifs is 1. The zero-order valence-corrected chi connectivity index (χ0v) is 21.8. The van der Waals surface area contributed by atoms with Crippen LogP contribution in [0.3, 0.4) is 0 Å². The first-order chi connectivity index (χ1) is 18.6. The van der Waals surface area contributed by atoms with Gasteiger partial charge < -0.3 is 55.6 Å². The maximum Gasteiger partial charge on any atom is 0.483 e. The Morgan fingerprint density at radius 3 is 2.35 bits per heavy atom. The quantitative estimate of drug-likeness (QED) is 0.113. The van der Waals surface area contributed by atoms with E-state index in [0.29, 0.717) is 0 Å². The van der Waals surface area contributed by atoms with Crippen molar-refractivity contribution in [3.05, 3.63) is 16.7 Å². The number of imidazole rings is 1. The predicted molar refractivity (Wildman–Crippen MR) is 125 cm³/mol. The number of H-pyrrole nitrogens is 1. The second kappa shape index (κ2) is 11.8. The summed E-state index contributed by atoms with van der Waals surface area (Å²) >= 11 is 0. The summed E-state index contributed by atoms with van der Waals surface area (Å²) in [6.07, 6.45) is -14.8. The van der Waals surface area contributed by atoms with E-state index in [1.54, 1.807) is 0 Å². The number of nitrogens with zero attached hydrogens (tertiary/aromatic N) is 3. The van der Waals surface area contributed by atoms with E-state index in [-0.39, 0.29) is 23.5 Å². The van der Waals surface area contributed by atoms with Gasteiger partial charge in [0.25, 0.3) is 5.56 Å². The van der Waals surface area contributed by atoms with Crippen molar-refractivity contribution in [3.8, 4) is 0 Å². The number of nitrogen functional groups attached to an aromatic ring is 1. The van der Waals surface area contributed by atoms with Gasteiger partial charge in [0.05, 0.1) is 19.0 Å². The monoisotopic (exact) mass is 619 g/mol. The van der Waals surface area contributed by atoms with Crippen molar-refractivity contribution in [1.82, 2.24) is 19.5 Å². The summed E-state index contributed by atoms with van der Waals surface area (Å²) in [6, 6.07) is 0. The van der Waals surface area contributed by atoms with E-state index in [4.69, 9.17) is 20.3 Å². The van der Waals surface area contributed by atoms with E-state index in [9.17, 15) is 49.2 Å². The van der Waals surface area contributed by atoms with E-state index in [0.717, 1.165) is 10.9 Å². The molecule has 4 heterocycles. The molecule has 2 aliphatic rings. The van der Waals surface area contributed by atoms with E-state index >= 15 is 0 Å². The van der Waals surface area contributed by atoms with Gasteiger partial charge in [-0.1, -0.05) is 0 Å². The standard InChI is InChI=1S/C17H27N5O16P2/c18-17-20-13-7(14(29)21-17)19-4-22(13)15-11(27)9(25)6(35-15)3-34-39(30,31)38-40(32,33)37-16-12(28)10(26)8(24)5(36-16)1-2-23/h4-6,8-12,15-16,23-28H,1-3H2,(H,30,31)(H,32,33)(H3,18,20,21,29)/t5-,6-,8-,9-,10+,11-,12+,15-,16-/m1/s1. The lowest BCUT2D eigenvalue weighted by Crippen LogP contribution is -2.58. The highest BCUT2D eigenvalue weighted by Gasteiger charge is 2.49. The first kappa shape index (κ1) is 31.0. The van der Waals surface area contributed by atoms with Gasteiger partial charge in [0.15, 0.2) is 23.7 Å². The molecule has 4 rings (SSSR count). The van der Waals surface area contributed by atoms with E-state index < -0.39 is 89.7 Å². The van der Waals surface area contributed by atoms with Crippen molar-refractivity contribution in [2.75, 3.05) is 18.9 Å². The number of anilines is 1. The highest BCUT2D eigenvalue weighted by atomic mass is 31.3. The van der Waals surface area contributed by atoms with Gasteiger partial charge in [-0.2, -0.15) is 9.29 Å². The first-order valence-electron chi connectivity index (χ1n) is 11.4. The van der Waals surface area contributed by atoms with Gasteiger partial charge in [-0.25, -0.2) is 14.1 Å². The Kier molecular flexibility index (Phi) is 9.13. The fraction of sp³-hybridized carbons (Fsp3) is 0.706. The third-order valence-corrected chi connectivity index (χ3v) is 8.59. The molecule has 0 amide bonds. The molecule has 40 heavy (non-hydrogen) atoms. The van der Waals surface area contributed by atoms with E-state index in [2.05, 4.69) is 28.3 Å². The zero-order valence-electron chi connectivity index (χ0n) is 20.1. The molecule has 2 saturated heterocycles. The molecular formula is C17H27N5O16P2. The summed E-state index contributed by atoms with van der Waals surface area (Å²) < 4.78 is 49.6. The van der Waals surface area contributed by atoms with Crippen LogP contribution in [0, 0.1) is 0 Å². The topological polar surface area (TPSA) is 332 Å². The molecule has 23 heteroatoms. The second-order valence-electron chi connectivity index (χ2n) is 8.77. The molecule has 0 spiro atoms. The van der Waals surface area contributed by atoms with Crippen LogP contribution in [0.15, 0.2) is 11.1 Å². The maximum absolute atomic E-state index is 12.3. The van der Waals surface area contributed by atoms with Crippen molar-refractivity contribution in [1.29, 1.82) is 0 Å². The predicted octanol–water partition coefficient (Wildman–Crippen LogP) is -4.24. The fourth-order valence-electron chi connectivity index (χ4n) is 4.07. The Balaban J connectivity index is 1.39. The molecule has 0 saturated carbocycles. The van der Waals surface area contributed by atoms with Crippen molar-refractivity contribution in [2.24, 2.45) is 0 Å². The molecule has 2 aromatic heterocycles. The van der Waals surface area contributed by atoms with Gasteiger partial charge in [-0.05, 0) is 6.42 Å². The average molecular weight is 619 g/mol. The Morgan fingerprint density at radius 1 is 1.00 bits per heavy atom. The number of nitrogens with one attached hydrogen (secondary N) is 1. The molecule has 226 valence electrons. The number of rotatable bonds is 10. The van der Waals surface area contributed by atoms with Crippen LogP contribution in [-0.4, -0.2) is 122 Å². The van der Waals surface area contributed by atoms with Crippen LogP contribution < -0.4 is 11.3 Å². The Hall–Kier alpha value is -1.91. The molecule has 0 bridgehead atoms. The van der Waals surface area contributed by atoms with Crippen LogP contribution in [0.25, 0.3) is 11.2 Å². The Labute approximate surface area is 222 Å². The zero-order chi connectivity index (χ0) is 29.6. The normalized spacial score (nSPS) is 36.0. The number of phosphoric acid groups is 2. The molecular weight excluding hydrogens is 592 g/mol. The molecule has 0 aromatic carbocycles. The molecule has 2 aromatic rings. The van der Waals surface area contributed by atoms with Crippen LogP contribution in [0.1, 0.15) is 12.6 Å². The van der Waals surface area contributed by atoms with Crippen LogP contribution in [0.2, 0.25) is 0 Å². The number of hydrogen-bond donors (Lipinski definition) is 10. The van der Waals surface area contributed by atoms with Crippen LogP contribution in [0.4, 0.5) is 5.95 Å². The lowest BCUT2D eigenvalue weighted by molar-refractivity contribution is -0.277. The van der Waals surface area contributed by atoms with Crippen LogP contribution >= 0.6 is 15.6 Å². The summed E-state index contributed by atoms with van der Waals surface area (Å²) in [7, 11) is -11.1. The summed E-state index contributed by atoms with van der Waals surface area (Å²) in [5.74, 6) is -0.276. The minimum atomic E-state index is -5.58. The number of aliphatic hydroxyl groups excluding tert-OH is 6. The van der Waals surface area contributed by atoms with E-state index in [1.165, 1.54) is 0 Å². The highest BCUT2D eigenvalue weighted by molar-refractivity contribution is 7.61. The average Bonchev–Trinajstić information content (AvgIpc) is 3.39. The lowest BCUT2D eigenvalue weighted by atomic mass is 9.97. The Morgan fingerprint density at radius 2 is 1.68 bits per heavy atom. The molecule has 21 nitrogen and oxygen atoms in total. The minimum Gasteiger partial charge on any atom is -0.396 e.